The van der Waals surface area contributed by atoms with Crippen molar-refractivity contribution >= 4 is 17.7 Å². The quantitative estimate of drug-likeness (QED) is 0.905. The zero-order chi connectivity index (χ0) is 13.0. The lowest BCUT2D eigenvalue weighted by Crippen LogP contribution is -2.42. The zero-order valence-electron chi connectivity index (χ0n) is 10.7. The maximum Gasteiger partial charge on any atom is 0.244 e. The Morgan fingerprint density at radius 2 is 2.22 bits per heavy atom. The molecular weight excluding hydrogens is 244 g/mol. The SMILES string of the molecule is CSC[C@H]1CCCN1C(=O)[C@@H](N)c1ccccc1. The van der Waals surface area contributed by atoms with Crippen LogP contribution in [0.1, 0.15) is 24.4 Å². The lowest BCUT2D eigenvalue weighted by atomic mass is 10.1. The van der Waals surface area contributed by atoms with Crippen molar-refractivity contribution in [2.75, 3.05) is 18.6 Å². The first-order valence-electron chi connectivity index (χ1n) is 6.34. The highest BCUT2D eigenvalue weighted by Crippen LogP contribution is 2.24. The second kappa shape index (κ2) is 6.25. The van der Waals surface area contributed by atoms with E-state index in [0.29, 0.717) is 6.04 Å². The Bertz CT molecular complexity index is 396. The van der Waals surface area contributed by atoms with Crippen molar-refractivity contribution in [1.82, 2.24) is 4.90 Å². The van der Waals surface area contributed by atoms with Gasteiger partial charge < -0.3 is 10.6 Å². The van der Waals surface area contributed by atoms with Crippen LogP contribution in [-0.2, 0) is 4.79 Å². The van der Waals surface area contributed by atoms with Gasteiger partial charge in [-0.25, -0.2) is 0 Å². The number of nitrogens with two attached hydrogens (primary N) is 1. The number of likely N-dealkylation sites (tertiary alicyclic amines) is 1. The summed E-state index contributed by atoms with van der Waals surface area (Å²) < 4.78 is 0. The molecule has 0 aromatic heterocycles. The fraction of sp³-hybridized carbons (Fsp3) is 0.500. The Morgan fingerprint density at radius 1 is 1.50 bits per heavy atom. The highest BCUT2D eigenvalue weighted by molar-refractivity contribution is 7.98. The molecule has 4 heteroatoms. The summed E-state index contributed by atoms with van der Waals surface area (Å²) in [6.45, 7) is 0.852. The number of nitrogens with zero attached hydrogens (tertiary/aromatic N) is 1. The van der Waals surface area contributed by atoms with Crippen molar-refractivity contribution in [3.8, 4) is 0 Å². The van der Waals surface area contributed by atoms with Crippen LogP contribution in [0, 0.1) is 0 Å². The van der Waals surface area contributed by atoms with Crippen LogP contribution in [0.5, 0.6) is 0 Å². The summed E-state index contributed by atoms with van der Waals surface area (Å²) >= 11 is 1.79. The van der Waals surface area contributed by atoms with Crippen LogP contribution in [0.3, 0.4) is 0 Å². The van der Waals surface area contributed by atoms with Crippen molar-refractivity contribution in [2.45, 2.75) is 24.9 Å². The van der Waals surface area contributed by atoms with Crippen molar-refractivity contribution in [3.05, 3.63) is 35.9 Å². The topological polar surface area (TPSA) is 46.3 Å². The van der Waals surface area contributed by atoms with E-state index in [0.717, 1.165) is 30.7 Å². The monoisotopic (exact) mass is 264 g/mol. The van der Waals surface area contributed by atoms with Crippen LogP contribution in [0.25, 0.3) is 0 Å². The smallest absolute Gasteiger partial charge is 0.244 e. The zero-order valence-corrected chi connectivity index (χ0v) is 11.5. The van der Waals surface area contributed by atoms with Gasteiger partial charge in [-0.1, -0.05) is 30.3 Å². The lowest BCUT2D eigenvalue weighted by molar-refractivity contribution is -0.133. The van der Waals surface area contributed by atoms with Crippen LogP contribution in [-0.4, -0.2) is 35.4 Å². The largest absolute Gasteiger partial charge is 0.337 e. The van der Waals surface area contributed by atoms with Crippen LogP contribution in [0.15, 0.2) is 30.3 Å². The third-order valence-corrected chi connectivity index (χ3v) is 4.16. The van der Waals surface area contributed by atoms with Crippen molar-refractivity contribution < 1.29 is 4.79 Å². The molecule has 0 radical (unpaired) electrons. The van der Waals surface area contributed by atoms with Gasteiger partial charge in [0, 0.05) is 18.3 Å². The Morgan fingerprint density at radius 3 is 2.89 bits per heavy atom. The van der Waals surface area contributed by atoms with Gasteiger partial charge in [-0.15, -0.1) is 0 Å². The van der Waals surface area contributed by atoms with E-state index in [-0.39, 0.29) is 5.91 Å². The molecular formula is C14H20N2OS. The molecule has 1 amide bonds. The first-order valence-corrected chi connectivity index (χ1v) is 7.73. The highest BCUT2D eigenvalue weighted by Gasteiger charge is 2.31. The minimum atomic E-state index is -0.520. The maximum absolute atomic E-state index is 12.4. The number of hydrogen-bond donors (Lipinski definition) is 1. The Balaban J connectivity index is 2.06. The van der Waals surface area contributed by atoms with E-state index in [9.17, 15) is 4.79 Å². The molecule has 0 bridgehead atoms. The maximum atomic E-state index is 12.4. The van der Waals surface area contributed by atoms with Gasteiger partial charge in [0.15, 0.2) is 0 Å². The van der Waals surface area contributed by atoms with Gasteiger partial charge in [-0.2, -0.15) is 11.8 Å². The fourth-order valence-corrected chi connectivity index (χ4v) is 3.20. The lowest BCUT2D eigenvalue weighted by Gasteiger charge is -2.27. The van der Waals surface area contributed by atoms with E-state index >= 15 is 0 Å². The summed E-state index contributed by atoms with van der Waals surface area (Å²) in [7, 11) is 0. The summed E-state index contributed by atoms with van der Waals surface area (Å²) in [6, 6.07) is 9.46. The van der Waals surface area contributed by atoms with Gasteiger partial charge in [-0.3, -0.25) is 4.79 Å². The molecule has 98 valence electrons. The first-order chi connectivity index (χ1) is 8.74. The van der Waals surface area contributed by atoms with E-state index in [2.05, 4.69) is 6.26 Å². The summed E-state index contributed by atoms with van der Waals surface area (Å²) in [6.07, 6.45) is 4.28. The van der Waals surface area contributed by atoms with Crippen LogP contribution >= 0.6 is 11.8 Å². The molecule has 1 aromatic rings. The van der Waals surface area contributed by atoms with Gasteiger partial charge in [0.25, 0.3) is 0 Å². The molecule has 1 aliphatic rings. The Kier molecular flexibility index (Phi) is 4.66. The number of carbonyl (C=O) groups excluding carboxylic acids is 1. The standard InChI is InChI=1S/C14H20N2OS/c1-18-10-12-8-5-9-16(12)14(17)13(15)11-6-3-2-4-7-11/h2-4,6-7,12-13H,5,8-10,15H2,1H3/t12-,13+/m1/s1. The van der Waals surface area contributed by atoms with Crippen LogP contribution < -0.4 is 5.73 Å². The minimum absolute atomic E-state index is 0.0674. The molecule has 1 fully saturated rings. The molecule has 2 rings (SSSR count). The molecule has 1 aliphatic heterocycles. The first kappa shape index (κ1) is 13.4. The Hall–Kier alpha value is -1.00. The molecule has 0 unspecified atom stereocenters. The second-order valence-corrected chi connectivity index (χ2v) is 5.58. The average Bonchev–Trinajstić information content (AvgIpc) is 2.87. The second-order valence-electron chi connectivity index (χ2n) is 4.67. The van der Waals surface area contributed by atoms with E-state index in [4.69, 9.17) is 5.73 Å². The van der Waals surface area contributed by atoms with Gasteiger partial charge >= 0.3 is 0 Å². The fourth-order valence-electron chi connectivity index (χ4n) is 2.47. The van der Waals surface area contributed by atoms with Crippen molar-refractivity contribution in [2.24, 2.45) is 5.73 Å². The molecule has 1 aromatic carbocycles. The van der Waals surface area contributed by atoms with Gasteiger partial charge in [0.05, 0.1) is 0 Å². The molecule has 18 heavy (non-hydrogen) atoms. The van der Waals surface area contributed by atoms with Crippen LogP contribution in [0.4, 0.5) is 0 Å². The third kappa shape index (κ3) is 2.87. The summed E-state index contributed by atoms with van der Waals surface area (Å²) in [4.78, 5) is 14.4. The van der Waals surface area contributed by atoms with Crippen LogP contribution in [0.2, 0.25) is 0 Å². The van der Waals surface area contributed by atoms with E-state index in [1.807, 2.05) is 35.2 Å². The summed E-state index contributed by atoms with van der Waals surface area (Å²) in [5.74, 6) is 1.07. The van der Waals surface area contributed by atoms with Crippen molar-refractivity contribution in [1.29, 1.82) is 0 Å². The summed E-state index contributed by atoms with van der Waals surface area (Å²) in [5, 5.41) is 0. The third-order valence-electron chi connectivity index (χ3n) is 3.44. The summed E-state index contributed by atoms with van der Waals surface area (Å²) in [5.41, 5.74) is 6.98. The van der Waals surface area contributed by atoms with Gasteiger partial charge in [0.1, 0.15) is 6.04 Å². The number of benzene rings is 1. The number of rotatable bonds is 4. The average molecular weight is 264 g/mol. The van der Waals surface area contributed by atoms with E-state index in [1.54, 1.807) is 11.8 Å². The molecule has 0 aliphatic carbocycles. The molecule has 3 nitrogen and oxygen atoms in total. The number of thioether (sulfide) groups is 1. The highest BCUT2D eigenvalue weighted by atomic mass is 32.2. The molecule has 2 N–H and O–H groups in total. The van der Waals surface area contributed by atoms with E-state index in [1.165, 1.54) is 0 Å². The Labute approximate surface area is 113 Å². The number of amides is 1. The predicted molar refractivity (Wildman–Crippen MR) is 76.5 cm³/mol. The molecule has 0 spiro atoms. The predicted octanol–water partition coefficient (Wildman–Crippen LogP) is 2.04. The van der Waals surface area contributed by atoms with Gasteiger partial charge in [0.2, 0.25) is 5.91 Å². The number of carbonyl (C=O) groups is 1. The van der Waals surface area contributed by atoms with Crippen molar-refractivity contribution in [3.63, 3.8) is 0 Å². The molecule has 1 saturated heterocycles. The normalized spacial score (nSPS) is 21.0. The molecule has 2 atom stereocenters. The minimum Gasteiger partial charge on any atom is -0.337 e. The van der Waals surface area contributed by atoms with Gasteiger partial charge in [-0.05, 0) is 24.7 Å². The molecule has 1 heterocycles. The van der Waals surface area contributed by atoms with E-state index < -0.39 is 6.04 Å². The molecule has 0 saturated carbocycles. The number of hydrogen-bond acceptors (Lipinski definition) is 3.